The van der Waals surface area contributed by atoms with Crippen molar-refractivity contribution in [2.45, 2.75) is 19.4 Å². The van der Waals surface area contributed by atoms with E-state index in [0.29, 0.717) is 6.42 Å². The second-order valence-corrected chi connectivity index (χ2v) is 2.78. The van der Waals surface area contributed by atoms with Crippen molar-refractivity contribution in [2.75, 3.05) is 0 Å². The van der Waals surface area contributed by atoms with E-state index in [1.807, 2.05) is 12.1 Å². The minimum atomic E-state index is -0.394. The normalized spacial score (nSPS) is 12.5. The number of carbonyl (C=O) groups is 1. The van der Waals surface area contributed by atoms with Crippen LogP contribution in [0.3, 0.4) is 0 Å². The summed E-state index contributed by atoms with van der Waals surface area (Å²) >= 11 is 0. The van der Waals surface area contributed by atoms with Crippen molar-refractivity contribution in [2.24, 2.45) is 5.73 Å². The monoisotopic (exact) mass is 164 g/mol. The highest BCUT2D eigenvalue weighted by Gasteiger charge is 2.07. The van der Waals surface area contributed by atoms with Crippen molar-refractivity contribution in [1.29, 1.82) is 0 Å². The van der Waals surface area contributed by atoms with Crippen molar-refractivity contribution < 1.29 is 4.79 Å². The Morgan fingerprint density at radius 2 is 2.50 bits per heavy atom. The Hall–Kier alpha value is -1.22. The van der Waals surface area contributed by atoms with Gasteiger partial charge in [-0.25, -0.2) is 0 Å². The first kappa shape index (κ1) is 8.87. The van der Waals surface area contributed by atoms with E-state index in [9.17, 15) is 4.79 Å². The summed E-state index contributed by atoms with van der Waals surface area (Å²) in [6, 6.07) is 3.35. The predicted molar refractivity (Wildman–Crippen MR) is 46.6 cm³/mol. The van der Waals surface area contributed by atoms with Crippen LogP contribution < -0.4 is 5.73 Å². The maximum absolute atomic E-state index is 10.8. The van der Waals surface area contributed by atoms with Crippen molar-refractivity contribution in [3.8, 4) is 0 Å². The molecule has 0 amide bonds. The van der Waals surface area contributed by atoms with E-state index in [1.165, 1.54) is 6.92 Å². The lowest BCUT2D eigenvalue weighted by molar-refractivity contribution is -0.118. The second-order valence-electron chi connectivity index (χ2n) is 2.78. The molecule has 0 saturated carbocycles. The van der Waals surface area contributed by atoms with Gasteiger partial charge in [-0.3, -0.25) is 9.78 Å². The summed E-state index contributed by atoms with van der Waals surface area (Å²) in [4.78, 5) is 14.7. The Morgan fingerprint density at radius 1 is 1.75 bits per heavy atom. The molecule has 3 nitrogen and oxygen atoms in total. The molecular weight excluding hydrogens is 152 g/mol. The highest BCUT2D eigenvalue weighted by Crippen LogP contribution is 1.99. The predicted octanol–water partition coefficient (Wildman–Crippen LogP) is 0.540. The van der Waals surface area contributed by atoms with Gasteiger partial charge >= 0.3 is 0 Å². The topological polar surface area (TPSA) is 56.0 Å². The molecule has 0 aliphatic carbocycles. The first-order chi connectivity index (χ1) is 5.70. The average molecular weight is 164 g/mol. The third-order valence-electron chi connectivity index (χ3n) is 1.70. The number of ketones is 1. The number of carbonyl (C=O) groups excluding carboxylic acids is 1. The van der Waals surface area contributed by atoms with Crippen LogP contribution in [0.25, 0.3) is 0 Å². The van der Waals surface area contributed by atoms with Crippen LogP contribution in [0, 0.1) is 0 Å². The fourth-order valence-corrected chi connectivity index (χ4v) is 0.917. The van der Waals surface area contributed by atoms with Crippen molar-refractivity contribution in [3.63, 3.8) is 0 Å². The smallest absolute Gasteiger partial charge is 0.146 e. The number of aromatic nitrogens is 1. The minimum Gasteiger partial charge on any atom is -0.321 e. The van der Waals surface area contributed by atoms with Crippen LogP contribution in [0.4, 0.5) is 0 Å². The van der Waals surface area contributed by atoms with Gasteiger partial charge in [-0.15, -0.1) is 0 Å². The zero-order chi connectivity index (χ0) is 8.97. The molecule has 12 heavy (non-hydrogen) atoms. The molecule has 0 bridgehead atoms. The Labute approximate surface area is 71.6 Å². The lowest BCUT2D eigenvalue weighted by Gasteiger charge is -2.05. The zero-order valence-electron chi connectivity index (χ0n) is 7.03. The molecule has 1 rings (SSSR count). The molecule has 0 aromatic carbocycles. The second kappa shape index (κ2) is 3.97. The number of nitrogens with two attached hydrogens (primary N) is 1. The Balaban J connectivity index is 2.58. The molecule has 2 N–H and O–H groups in total. The van der Waals surface area contributed by atoms with E-state index in [2.05, 4.69) is 4.98 Å². The highest BCUT2D eigenvalue weighted by molar-refractivity contribution is 5.81. The molecular formula is C9H12N2O. The van der Waals surface area contributed by atoms with Gasteiger partial charge in [0.25, 0.3) is 0 Å². The number of pyridine rings is 1. The minimum absolute atomic E-state index is 0.0128. The van der Waals surface area contributed by atoms with Crippen molar-refractivity contribution in [3.05, 3.63) is 30.1 Å². The lowest BCUT2D eigenvalue weighted by Crippen LogP contribution is -2.30. The molecule has 0 saturated heterocycles. The van der Waals surface area contributed by atoms with Crippen LogP contribution >= 0.6 is 0 Å². The van der Waals surface area contributed by atoms with Gasteiger partial charge in [0, 0.05) is 12.4 Å². The van der Waals surface area contributed by atoms with Crippen LogP contribution in [0.2, 0.25) is 0 Å². The average Bonchev–Trinajstić information content (AvgIpc) is 2.06. The summed E-state index contributed by atoms with van der Waals surface area (Å²) < 4.78 is 0. The van der Waals surface area contributed by atoms with Crippen LogP contribution in [0.1, 0.15) is 12.5 Å². The Kier molecular flexibility index (Phi) is 2.94. The summed E-state index contributed by atoms with van der Waals surface area (Å²) in [6.45, 7) is 1.50. The molecule has 0 spiro atoms. The molecule has 1 atom stereocenters. The standard InChI is InChI=1S/C9H12N2O/c1-7(12)9(10)5-8-3-2-4-11-6-8/h2-4,6,9H,5,10H2,1H3/t9-/m1/s1. The molecule has 64 valence electrons. The first-order valence-electron chi connectivity index (χ1n) is 3.85. The molecule has 0 aliphatic rings. The van der Waals surface area contributed by atoms with Crippen molar-refractivity contribution in [1.82, 2.24) is 4.98 Å². The Morgan fingerprint density at radius 3 is 3.00 bits per heavy atom. The molecule has 0 radical (unpaired) electrons. The third kappa shape index (κ3) is 2.43. The molecule has 1 aromatic rings. The number of hydrogen-bond acceptors (Lipinski definition) is 3. The van der Waals surface area contributed by atoms with Gasteiger partial charge in [0.1, 0.15) is 5.78 Å². The number of hydrogen-bond donors (Lipinski definition) is 1. The molecule has 1 heterocycles. The Bertz CT molecular complexity index is 258. The maximum Gasteiger partial charge on any atom is 0.146 e. The van der Waals surface area contributed by atoms with Gasteiger partial charge in [0.05, 0.1) is 6.04 Å². The SMILES string of the molecule is CC(=O)[C@H](N)Cc1cccnc1. The molecule has 0 unspecified atom stereocenters. The van der Waals surface area contributed by atoms with E-state index < -0.39 is 6.04 Å². The fraction of sp³-hybridized carbons (Fsp3) is 0.333. The summed E-state index contributed by atoms with van der Waals surface area (Å²) in [5.74, 6) is 0.0128. The van der Waals surface area contributed by atoms with E-state index in [0.717, 1.165) is 5.56 Å². The van der Waals surface area contributed by atoms with Crippen molar-refractivity contribution >= 4 is 5.78 Å². The van der Waals surface area contributed by atoms with Crippen LogP contribution in [0.15, 0.2) is 24.5 Å². The quantitative estimate of drug-likeness (QED) is 0.709. The van der Waals surface area contributed by atoms with Crippen LogP contribution in [-0.2, 0) is 11.2 Å². The summed E-state index contributed by atoms with van der Waals surface area (Å²) in [6.07, 6.45) is 3.99. The summed E-state index contributed by atoms with van der Waals surface area (Å²) in [5, 5.41) is 0. The van der Waals surface area contributed by atoms with E-state index in [-0.39, 0.29) is 5.78 Å². The molecule has 3 heteroatoms. The zero-order valence-corrected chi connectivity index (χ0v) is 7.03. The van der Waals surface area contributed by atoms with Crippen LogP contribution in [0.5, 0.6) is 0 Å². The van der Waals surface area contributed by atoms with Crippen LogP contribution in [-0.4, -0.2) is 16.8 Å². The summed E-state index contributed by atoms with van der Waals surface area (Å²) in [5.41, 5.74) is 6.57. The fourth-order valence-electron chi connectivity index (χ4n) is 0.917. The molecule has 1 aromatic heterocycles. The van der Waals surface area contributed by atoms with Gasteiger partial charge in [-0.1, -0.05) is 6.07 Å². The van der Waals surface area contributed by atoms with Gasteiger partial charge in [0.2, 0.25) is 0 Å². The maximum atomic E-state index is 10.8. The first-order valence-corrected chi connectivity index (χ1v) is 3.85. The number of nitrogens with zero attached hydrogens (tertiary/aromatic N) is 1. The third-order valence-corrected chi connectivity index (χ3v) is 1.70. The summed E-state index contributed by atoms with van der Waals surface area (Å²) in [7, 11) is 0. The van der Waals surface area contributed by atoms with Gasteiger partial charge in [-0.2, -0.15) is 0 Å². The highest BCUT2D eigenvalue weighted by atomic mass is 16.1. The van der Waals surface area contributed by atoms with E-state index >= 15 is 0 Å². The number of rotatable bonds is 3. The van der Waals surface area contributed by atoms with E-state index in [4.69, 9.17) is 5.73 Å². The largest absolute Gasteiger partial charge is 0.321 e. The van der Waals surface area contributed by atoms with Gasteiger partial charge in [-0.05, 0) is 25.0 Å². The molecule has 0 aliphatic heterocycles. The van der Waals surface area contributed by atoms with Gasteiger partial charge < -0.3 is 5.73 Å². The van der Waals surface area contributed by atoms with E-state index in [1.54, 1.807) is 12.4 Å². The number of Topliss-reactive ketones (excluding diaryl/α,β-unsaturated/α-hetero) is 1. The van der Waals surface area contributed by atoms with Gasteiger partial charge in [0.15, 0.2) is 0 Å². The lowest BCUT2D eigenvalue weighted by atomic mass is 10.1. The molecule has 0 fully saturated rings.